The molecule has 4 aromatic rings. The lowest BCUT2D eigenvalue weighted by Gasteiger charge is -2.43. The van der Waals surface area contributed by atoms with E-state index in [1.54, 1.807) is 18.3 Å². The Balaban J connectivity index is 1.56. The van der Waals surface area contributed by atoms with E-state index in [2.05, 4.69) is 21.3 Å². The number of anilines is 2. The average molecular weight is 484 g/mol. The second kappa shape index (κ2) is 9.15. The van der Waals surface area contributed by atoms with Crippen LogP contribution in [0.2, 0.25) is 0 Å². The highest BCUT2D eigenvalue weighted by Crippen LogP contribution is 2.40. The van der Waals surface area contributed by atoms with Gasteiger partial charge in [-0.1, -0.05) is 12.1 Å². The Kier molecular flexibility index (Phi) is 5.82. The first-order chi connectivity index (χ1) is 17.5. The summed E-state index contributed by atoms with van der Waals surface area (Å²) in [6.07, 6.45) is 4.81. The third-order valence-electron chi connectivity index (χ3n) is 7.38. The van der Waals surface area contributed by atoms with Crippen LogP contribution in [0.15, 0.2) is 54.9 Å². The molecule has 2 aromatic heterocycles. The van der Waals surface area contributed by atoms with Gasteiger partial charge in [-0.05, 0) is 67.3 Å². The van der Waals surface area contributed by atoms with Gasteiger partial charge < -0.3 is 20.7 Å². The normalized spacial score (nSPS) is 19.9. The minimum atomic E-state index is -0.248. The molecule has 2 fully saturated rings. The number of nitrogens with one attached hydrogen (secondary N) is 1. The SMILES string of the molecule is Cc1cc(F)cc(-c2cnc3ccc(-c4nccc(C)c4N)cc3c2N2CC[C@H]3OCCN[C@@H]3C2)c1. The van der Waals surface area contributed by atoms with Gasteiger partial charge in [-0.25, -0.2) is 4.39 Å². The molecule has 0 aliphatic carbocycles. The highest BCUT2D eigenvalue weighted by Gasteiger charge is 2.33. The van der Waals surface area contributed by atoms with Crippen LogP contribution in [-0.2, 0) is 4.74 Å². The molecule has 2 aliphatic heterocycles. The number of hydrogen-bond acceptors (Lipinski definition) is 6. The van der Waals surface area contributed by atoms with Gasteiger partial charge in [0, 0.05) is 48.5 Å². The zero-order chi connectivity index (χ0) is 24.8. The van der Waals surface area contributed by atoms with E-state index in [4.69, 9.17) is 15.5 Å². The topological polar surface area (TPSA) is 76.3 Å². The van der Waals surface area contributed by atoms with Gasteiger partial charge in [-0.2, -0.15) is 0 Å². The van der Waals surface area contributed by atoms with Gasteiger partial charge in [0.2, 0.25) is 0 Å². The van der Waals surface area contributed by atoms with Crippen molar-refractivity contribution in [2.75, 3.05) is 36.9 Å². The Morgan fingerprint density at radius 2 is 1.97 bits per heavy atom. The van der Waals surface area contributed by atoms with E-state index in [1.165, 1.54) is 0 Å². The van der Waals surface area contributed by atoms with E-state index in [0.717, 1.165) is 82.8 Å². The first kappa shape index (κ1) is 22.9. The van der Waals surface area contributed by atoms with E-state index in [-0.39, 0.29) is 18.0 Å². The quantitative estimate of drug-likeness (QED) is 0.433. The summed E-state index contributed by atoms with van der Waals surface area (Å²) in [4.78, 5) is 11.8. The number of aryl methyl sites for hydroxylation is 2. The van der Waals surface area contributed by atoms with Crippen LogP contribution in [0.1, 0.15) is 17.5 Å². The minimum absolute atomic E-state index is 0.217. The molecule has 0 spiro atoms. The maximum Gasteiger partial charge on any atom is 0.124 e. The van der Waals surface area contributed by atoms with Crippen molar-refractivity contribution in [3.05, 3.63) is 71.8 Å². The van der Waals surface area contributed by atoms with Crippen molar-refractivity contribution >= 4 is 22.3 Å². The number of halogens is 1. The summed E-state index contributed by atoms with van der Waals surface area (Å²) in [5.74, 6) is -0.248. The Labute approximate surface area is 210 Å². The number of morpholine rings is 1. The standard InChI is InChI=1S/C29H30FN5O/c1-17-11-20(13-21(30)12-17)23-15-34-24-4-3-19(28-27(31)18(2)5-7-33-28)14-22(24)29(23)35-9-6-26-25(16-35)32-8-10-36-26/h3-5,7,11-15,25-26,32H,6,8-10,16,31H2,1-2H3/t25-,26-/m1/s1. The molecule has 0 amide bonds. The second-order valence-electron chi connectivity index (χ2n) is 9.86. The number of nitrogens with zero attached hydrogens (tertiary/aromatic N) is 3. The number of ether oxygens (including phenoxy) is 1. The fraction of sp³-hybridized carbons (Fsp3) is 0.310. The lowest BCUT2D eigenvalue weighted by atomic mass is 9.94. The Morgan fingerprint density at radius 3 is 2.83 bits per heavy atom. The molecule has 2 saturated heterocycles. The first-order valence-corrected chi connectivity index (χ1v) is 12.5. The van der Waals surface area contributed by atoms with Crippen LogP contribution in [0.25, 0.3) is 33.3 Å². The number of hydrogen-bond donors (Lipinski definition) is 2. The van der Waals surface area contributed by atoms with Gasteiger partial charge in [0.25, 0.3) is 0 Å². The van der Waals surface area contributed by atoms with Crippen molar-refractivity contribution in [3.8, 4) is 22.4 Å². The van der Waals surface area contributed by atoms with Gasteiger partial charge in [-0.3, -0.25) is 9.97 Å². The van der Waals surface area contributed by atoms with Gasteiger partial charge in [0.1, 0.15) is 5.82 Å². The minimum Gasteiger partial charge on any atom is -0.397 e. The maximum atomic E-state index is 14.5. The highest BCUT2D eigenvalue weighted by molar-refractivity contribution is 6.02. The lowest BCUT2D eigenvalue weighted by Crippen LogP contribution is -2.58. The number of pyridine rings is 2. The van der Waals surface area contributed by atoms with Crippen molar-refractivity contribution in [3.63, 3.8) is 0 Å². The van der Waals surface area contributed by atoms with Crippen LogP contribution in [-0.4, -0.2) is 48.4 Å². The van der Waals surface area contributed by atoms with E-state index in [0.29, 0.717) is 5.69 Å². The van der Waals surface area contributed by atoms with E-state index < -0.39 is 0 Å². The number of rotatable bonds is 3. The zero-order valence-electron chi connectivity index (χ0n) is 20.6. The third kappa shape index (κ3) is 4.08. The van der Waals surface area contributed by atoms with Crippen molar-refractivity contribution in [2.45, 2.75) is 32.4 Å². The number of aromatic nitrogens is 2. The Hall–Kier alpha value is -3.55. The van der Waals surface area contributed by atoms with Crippen molar-refractivity contribution < 1.29 is 9.13 Å². The van der Waals surface area contributed by atoms with Gasteiger partial charge in [0.15, 0.2) is 0 Å². The molecule has 3 N–H and O–H groups in total. The number of benzene rings is 2. The second-order valence-corrected chi connectivity index (χ2v) is 9.86. The first-order valence-electron chi connectivity index (χ1n) is 12.5. The summed E-state index contributed by atoms with van der Waals surface area (Å²) in [5, 5.41) is 4.63. The molecule has 184 valence electrons. The van der Waals surface area contributed by atoms with E-state index in [1.807, 2.05) is 44.3 Å². The molecule has 4 heterocycles. The summed E-state index contributed by atoms with van der Waals surface area (Å²) in [5.41, 5.74) is 14.3. The molecule has 0 saturated carbocycles. The van der Waals surface area contributed by atoms with Crippen molar-refractivity contribution in [2.24, 2.45) is 0 Å². The average Bonchev–Trinajstić information content (AvgIpc) is 2.88. The maximum absolute atomic E-state index is 14.5. The molecule has 2 aromatic carbocycles. The summed E-state index contributed by atoms with van der Waals surface area (Å²) < 4.78 is 20.5. The van der Waals surface area contributed by atoms with Gasteiger partial charge >= 0.3 is 0 Å². The molecule has 0 bridgehead atoms. The number of nitrogen functional groups attached to an aromatic ring is 1. The van der Waals surface area contributed by atoms with E-state index >= 15 is 0 Å². The smallest absolute Gasteiger partial charge is 0.124 e. The number of nitrogens with two attached hydrogens (primary N) is 1. The van der Waals surface area contributed by atoms with Crippen LogP contribution < -0.4 is 16.0 Å². The van der Waals surface area contributed by atoms with Crippen LogP contribution in [0, 0.1) is 19.7 Å². The largest absolute Gasteiger partial charge is 0.397 e. The molecule has 36 heavy (non-hydrogen) atoms. The highest BCUT2D eigenvalue weighted by atomic mass is 19.1. The Bertz CT molecular complexity index is 1440. The summed E-state index contributed by atoms with van der Waals surface area (Å²) in [6.45, 7) is 7.16. The van der Waals surface area contributed by atoms with Crippen LogP contribution in [0.3, 0.4) is 0 Å². The molecule has 0 unspecified atom stereocenters. The van der Waals surface area contributed by atoms with Crippen LogP contribution >= 0.6 is 0 Å². The molecule has 6 nitrogen and oxygen atoms in total. The van der Waals surface area contributed by atoms with Crippen LogP contribution in [0.5, 0.6) is 0 Å². The fourth-order valence-corrected chi connectivity index (χ4v) is 5.55. The molecule has 6 rings (SSSR count). The Morgan fingerprint density at radius 1 is 1.08 bits per heavy atom. The summed E-state index contributed by atoms with van der Waals surface area (Å²) >= 11 is 0. The number of fused-ring (bicyclic) bond motifs is 2. The van der Waals surface area contributed by atoms with Crippen molar-refractivity contribution in [1.82, 2.24) is 15.3 Å². The molecule has 7 heteroatoms. The molecular weight excluding hydrogens is 453 g/mol. The van der Waals surface area contributed by atoms with Crippen molar-refractivity contribution in [1.29, 1.82) is 0 Å². The molecule has 0 radical (unpaired) electrons. The van der Waals surface area contributed by atoms with E-state index in [9.17, 15) is 4.39 Å². The zero-order valence-corrected chi connectivity index (χ0v) is 20.6. The predicted molar refractivity (Wildman–Crippen MR) is 143 cm³/mol. The predicted octanol–water partition coefficient (Wildman–Crippen LogP) is 4.87. The summed E-state index contributed by atoms with van der Waals surface area (Å²) in [6, 6.07) is 13.5. The molecular formula is C29H30FN5O. The van der Waals surface area contributed by atoms with Gasteiger partial charge in [-0.15, -0.1) is 0 Å². The lowest BCUT2D eigenvalue weighted by molar-refractivity contribution is -0.0134. The third-order valence-corrected chi connectivity index (χ3v) is 7.38. The fourth-order valence-electron chi connectivity index (χ4n) is 5.55. The summed E-state index contributed by atoms with van der Waals surface area (Å²) in [7, 11) is 0. The monoisotopic (exact) mass is 483 g/mol. The molecule has 2 atom stereocenters. The van der Waals surface area contributed by atoms with Gasteiger partial charge in [0.05, 0.1) is 41.3 Å². The number of piperidine rings is 1. The van der Waals surface area contributed by atoms with Crippen LogP contribution in [0.4, 0.5) is 15.8 Å². The molecule has 2 aliphatic rings.